The van der Waals surface area contributed by atoms with E-state index in [1.807, 2.05) is 57.2 Å². The quantitative estimate of drug-likeness (QED) is 0.408. The molecule has 1 N–H and O–H groups in total. The first-order valence-corrected chi connectivity index (χ1v) is 12.9. The van der Waals surface area contributed by atoms with Crippen molar-refractivity contribution in [2.75, 3.05) is 18.5 Å². The van der Waals surface area contributed by atoms with E-state index in [2.05, 4.69) is 30.7 Å². The Morgan fingerprint density at radius 3 is 2.62 bits per heavy atom. The summed E-state index contributed by atoms with van der Waals surface area (Å²) < 4.78 is 15.7. The average molecular weight is 498 g/mol. The smallest absolute Gasteiger partial charge is 0.257 e. The molecule has 37 heavy (non-hydrogen) atoms. The SMILES string of the molecule is Cc1ccc(-c2nnc3n2CCCCC3)cc1NC(=O)c1cc(C)n(-c2ccc3c(c2)OCCO3)c1C. The van der Waals surface area contributed by atoms with E-state index < -0.39 is 0 Å². The molecule has 190 valence electrons. The van der Waals surface area contributed by atoms with Gasteiger partial charge in [0.25, 0.3) is 5.91 Å². The summed E-state index contributed by atoms with van der Waals surface area (Å²) in [5.41, 5.74) is 6.13. The lowest BCUT2D eigenvalue weighted by Crippen LogP contribution is -2.16. The number of carbonyl (C=O) groups is 1. The van der Waals surface area contributed by atoms with Gasteiger partial charge < -0.3 is 23.9 Å². The van der Waals surface area contributed by atoms with Crippen LogP contribution >= 0.6 is 0 Å². The van der Waals surface area contributed by atoms with E-state index in [4.69, 9.17) is 9.47 Å². The molecule has 2 aliphatic rings. The van der Waals surface area contributed by atoms with Gasteiger partial charge in [0.1, 0.15) is 19.0 Å². The minimum atomic E-state index is -0.141. The van der Waals surface area contributed by atoms with E-state index in [9.17, 15) is 4.79 Å². The number of benzene rings is 2. The molecule has 0 bridgehead atoms. The minimum absolute atomic E-state index is 0.141. The zero-order valence-electron chi connectivity index (χ0n) is 21.5. The fourth-order valence-corrected chi connectivity index (χ4v) is 5.35. The number of nitrogens with zero attached hydrogens (tertiary/aromatic N) is 4. The molecule has 0 saturated heterocycles. The predicted octanol–water partition coefficient (Wildman–Crippen LogP) is 5.41. The molecule has 0 unspecified atom stereocenters. The van der Waals surface area contributed by atoms with Crippen LogP contribution in [0.15, 0.2) is 42.5 Å². The highest BCUT2D eigenvalue weighted by Crippen LogP contribution is 2.34. The lowest BCUT2D eigenvalue weighted by atomic mass is 10.1. The normalized spacial score (nSPS) is 14.7. The highest BCUT2D eigenvalue weighted by molar-refractivity contribution is 6.06. The maximum atomic E-state index is 13.5. The Bertz CT molecular complexity index is 1500. The summed E-state index contributed by atoms with van der Waals surface area (Å²) in [6.07, 6.45) is 4.45. The Morgan fingerprint density at radius 1 is 0.919 bits per heavy atom. The summed E-state index contributed by atoms with van der Waals surface area (Å²) in [6, 6.07) is 13.9. The van der Waals surface area contributed by atoms with Crippen LogP contribution in [0.3, 0.4) is 0 Å². The largest absolute Gasteiger partial charge is 0.486 e. The van der Waals surface area contributed by atoms with E-state index in [0.29, 0.717) is 18.8 Å². The second-order valence-corrected chi connectivity index (χ2v) is 9.83. The van der Waals surface area contributed by atoms with Crippen LogP contribution < -0.4 is 14.8 Å². The zero-order chi connectivity index (χ0) is 25.5. The Morgan fingerprint density at radius 2 is 1.76 bits per heavy atom. The lowest BCUT2D eigenvalue weighted by Gasteiger charge is -2.20. The summed E-state index contributed by atoms with van der Waals surface area (Å²) in [5.74, 6) is 3.24. The van der Waals surface area contributed by atoms with E-state index in [0.717, 1.165) is 82.8 Å². The van der Waals surface area contributed by atoms with Crippen LogP contribution in [0.4, 0.5) is 5.69 Å². The number of aromatic nitrogens is 4. The fraction of sp³-hybridized carbons (Fsp3) is 0.345. The van der Waals surface area contributed by atoms with Gasteiger partial charge in [-0.25, -0.2) is 0 Å². The van der Waals surface area contributed by atoms with Gasteiger partial charge in [-0.05, 0) is 63.4 Å². The number of carbonyl (C=O) groups excluding carboxylic acids is 1. The molecule has 8 heteroatoms. The van der Waals surface area contributed by atoms with Gasteiger partial charge in [-0.1, -0.05) is 18.6 Å². The first kappa shape index (κ1) is 23.3. The maximum Gasteiger partial charge on any atom is 0.257 e. The van der Waals surface area contributed by atoms with Crippen LogP contribution in [0.5, 0.6) is 11.5 Å². The average Bonchev–Trinajstić information content (AvgIpc) is 3.34. The van der Waals surface area contributed by atoms with Crippen molar-refractivity contribution in [3.8, 4) is 28.6 Å². The number of ether oxygens (including phenoxy) is 2. The minimum Gasteiger partial charge on any atom is -0.486 e. The number of hydrogen-bond donors (Lipinski definition) is 1. The summed E-state index contributed by atoms with van der Waals surface area (Å²) in [6.45, 7) is 7.99. The first-order chi connectivity index (χ1) is 18.0. The molecule has 0 atom stereocenters. The van der Waals surface area contributed by atoms with Gasteiger partial charge in [0.05, 0.1) is 5.56 Å². The number of nitrogens with one attached hydrogen (secondary N) is 1. The van der Waals surface area contributed by atoms with Crippen LogP contribution in [0.25, 0.3) is 17.1 Å². The van der Waals surface area contributed by atoms with Crippen molar-refractivity contribution in [1.29, 1.82) is 0 Å². The van der Waals surface area contributed by atoms with E-state index in [1.165, 1.54) is 6.42 Å². The number of amides is 1. The van der Waals surface area contributed by atoms with E-state index >= 15 is 0 Å². The molecule has 0 spiro atoms. The predicted molar refractivity (Wildman–Crippen MR) is 142 cm³/mol. The van der Waals surface area contributed by atoms with Gasteiger partial charge in [-0.2, -0.15) is 0 Å². The van der Waals surface area contributed by atoms with Crippen LogP contribution in [0.2, 0.25) is 0 Å². The highest BCUT2D eigenvalue weighted by atomic mass is 16.6. The maximum absolute atomic E-state index is 13.5. The van der Waals surface area contributed by atoms with Gasteiger partial charge in [0.2, 0.25) is 0 Å². The Kier molecular flexibility index (Phi) is 5.94. The number of hydrogen-bond acceptors (Lipinski definition) is 5. The van der Waals surface area contributed by atoms with Crippen molar-refractivity contribution >= 4 is 11.6 Å². The van der Waals surface area contributed by atoms with Gasteiger partial charge in [-0.3, -0.25) is 4.79 Å². The molecule has 0 fully saturated rings. The Balaban J connectivity index is 1.29. The van der Waals surface area contributed by atoms with Crippen LogP contribution in [0, 0.1) is 20.8 Å². The van der Waals surface area contributed by atoms with Gasteiger partial charge in [-0.15, -0.1) is 10.2 Å². The van der Waals surface area contributed by atoms with Crippen LogP contribution in [0.1, 0.15) is 52.4 Å². The van der Waals surface area contributed by atoms with Crippen molar-refractivity contribution in [3.63, 3.8) is 0 Å². The monoisotopic (exact) mass is 497 g/mol. The Labute approximate surface area is 216 Å². The third-order valence-corrected chi connectivity index (χ3v) is 7.31. The second-order valence-electron chi connectivity index (χ2n) is 9.83. The second kappa shape index (κ2) is 9.42. The lowest BCUT2D eigenvalue weighted by molar-refractivity contribution is 0.102. The van der Waals surface area contributed by atoms with Crippen molar-refractivity contribution in [1.82, 2.24) is 19.3 Å². The molecule has 0 saturated carbocycles. The number of anilines is 1. The first-order valence-electron chi connectivity index (χ1n) is 12.9. The molecule has 8 nitrogen and oxygen atoms in total. The molecule has 4 aromatic rings. The molecule has 2 aliphatic heterocycles. The van der Waals surface area contributed by atoms with Crippen molar-refractivity contribution in [2.45, 2.75) is 53.0 Å². The van der Waals surface area contributed by atoms with Crippen molar-refractivity contribution in [3.05, 3.63) is 70.8 Å². The number of fused-ring (bicyclic) bond motifs is 2. The molecule has 1 amide bonds. The molecule has 2 aromatic carbocycles. The standard InChI is InChI=1S/C29H31N5O3/c1-18-8-9-21(28-32-31-27-7-5-4-6-12-33(27)28)16-24(18)30-29(35)23-15-19(2)34(20(23)3)22-10-11-25-26(17-22)37-14-13-36-25/h8-11,15-17H,4-7,12-14H2,1-3H3,(H,30,35). The van der Waals surface area contributed by atoms with Gasteiger partial charge >= 0.3 is 0 Å². The summed E-state index contributed by atoms with van der Waals surface area (Å²) in [5, 5.41) is 12.1. The third kappa shape index (κ3) is 4.26. The fourth-order valence-electron chi connectivity index (χ4n) is 5.35. The summed E-state index contributed by atoms with van der Waals surface area (Å²) in [7, 11) is 0. The zero-order valence-corrected chi connectivity index (χ0v) is 21.5. The van der Waals surface area contributed by atoms with E-state index in [-0.39, 0.29) is 5.91 Å². The summed E-state index contributed by atoms with van der Waals surface area (Å²) >= 11 is 0. The Hall–Kier alpha value is -4.07. The van der Waals surface area contributed by atoms with Crippen molar-refractivity contribution in [2.24, 2.45) is 0 Å². The number of rotatable bonds is 4. The van der Waals surface area contributed by atoms with E-state index in [1.54, 1.807) is 0 Å². The molecule has 0 radical (unpaired) electrons. The van der Waals surface area contributed by atoms with Crippen LogP contribution in [-0.2, 0) is 13.0 Å². The van der Waals surface area contributed by atoms with Crippen molar-refractivity contribution < 1.29 is 14.3 Å². The molecule has 6 rings (SSSR count). The summed E-state index contributed by atoms with van der Waals surface area (Å²) in [4.78, 5) is 13.5. The topological polar surface area (TPSA) is 83.2 Å². The molecular formula is C29H31N5O3. The van der Waals surface area contributed by atoms with Crippen LogP contribution in [-0.4, -0.2) is 38.5 Å². The van der Waals surface area contributed by atoms with Gasteiger partial charge in [0, 0.05) is 47.4 Å². The molecule has 2 aromatic heterocycles. The molecule has 0 aliphatic carbocycles. The van der Waals surface area contributed by atoms with Gasteiger partial charge in [0.15, 0.2) is 17.3 Å². The molecule has 4 heterocycles. The third-order valence-electron chi connectivity index (χ3n) is 7.31. The molecular weight excluding hydrogens is 466 g/mol. The highest BCUT2D eigenvalue weighted by Gasteiger charge is 2.21. The number of aryl methyl sites for hydroxylation is 3.